The smallest absolute Gasteiger partial charge is 0.0905 e. The molecule has 0 aromatic carbocycles. The van der Waals surface area contributed by atoms with Crippen molar-refractivity contribution in [2.75, 3.05) is 0 Å². The third-order valence-corrected chi connectivity index (χ3v) is 1.68. The SMILES string of the molecule is C/C=C/CC/C=C/C=C/C(O)/C=C/C. The first-order chi connectivity index (χ1) is 6.81. The summed E-state index contributed by atoms with van der Waals surface area (Å²) in [6, 6.07) is 0. The van der Waals surface area contributed by atoms with Gasteiger partial charge in [-0.1, -0.05) is 48.6 Å². The number of aliphatic hydroxyl groups excluding tert-OH is 1. The average molecular weight is 192 g/mol. The molecule has 0 bridgehead atoms. The second kappa shape index (κ2) is 10.0. The fourth-order valence-electron chi connectivity index (χ4n) is 0.973. The van der Waals surface area contributed by atoms with Crippen LogP contribution < -0.4 is 0 Å². The van der Waals surface area contributed by atoms with Crippen LogP contribution in [0.15, 0.2) is 48.6 Å². The van der Waals surface area contributed by atoms with Crippen molar-refractivity contribution in [2.24, 2.45) is 0 Å². The zero-order valence-electron chi connectivity index (χ0n) is 9.06. The normalized spacial score (nSPS) is 15.4. The van der Waals surface area contributed by atoms with Crippen LogP contribution in [0.1, 0.15) is 26.7 Å². The molecule has 1 nitrogen and oxygen atoms in total. The van der Waals surface area contributed by atoms with E-state index in [0.29, 0.717) is 0 Å². The molecule has 0 aliphatic carbocycles. The van der Waals surface area contributed by atoms with Crippen LogP contribution >= 0.6 is 0 Å². The zero-order valence-corrected chi connectivity index (χ0v) is 9.06. The highest BCUT2D eigenvalue weighted by atomic mass is 16.3. The van der Waals surface area contributed by atoms with Gasteiger partial charge in [-0.15, -0.1) is 0 Å². The highest BCUT2D eigenvalue weighted by Gasteiger charge is 1.86. The molecule has 0 spiro atoms. The number of hydrogen-bond acceptors (Lipinski definition) is 1. The predicted octanol–water partition coefficient (Wildman–Crippen LogP) is 3.39. The van der Waals surface area contributed by atoms with Gasteiger partial charge in [0.05, 0.1) is 6.10 Å². The van der Waals surface area contributed by atoms with E-state index in [4.69, 9.17) is 0 Å². The van der Waals surface area contributed by atoms with Crippen LogP contribution in [-0.4, -0.2) is 11.2 Å². The van der Waals surface area contributed by atoms with Crippen LogP contribution in [0.4, 0.5) is 0 Å². The Hall–Kier alpha value is -1.08. The summed E-state index contributed by atoms with van der Waals surface area (Å²) in [4.78, 5) is 0. The van der Waals surface area contributed by atoms with Gasteiger partial charge in [0.15, 0.2) is 0 Å². The Bertz CT molecular complexity index is 221. The third kappa shape index (κ3) is 9.01. The molecule has 0 aliphatic heterocycles. The van der Waals surface area contributed by atoms with Crippen molar-refractivity contribution in [1.82, 2.24) is 0 Å². The van der Waals surface area contributed by atoms with Crippen LogP contribution in [0.5, 0.6) is 0 Å². The van der Waals surface area contributed by atoms with Crippen LogP contribution in [0, 0.1) is 0 Å². The predicted molar refractivity (Wildman–Crippen MR) is 63.1 cm³/mol. The number of hydrogen-bond donors (Lipinski definition) is 1. The molecule has 0 saturated carbocycles. The fourth-order valence-corrected chi connectivity index (χ4v) is 0.973. The summed E-state index contributed by atoms with van der Waals surface area (Å²) in [5.41, 5.74) is 0. The molecule has 1 N–H and O–H groups in total. The van der Waals surface area contributed by atoms with E-state index in [-0.39, 0.29) is 0 Å². The molecule has 0 amide bonds. The van der Waals surface area contributed by atoms with Gasteiger partial charge in [0.25, 0.3) is 0 Å². The summed E-state index contributed by atoms with van der Waals surface area (Å²) in [6.07, 6.45) is 17.1. The first-order valence-electron chi connectivity index (χ1n) is 5.06. The van der Waals surface area contributed by atoms with Crippen molar-refractivity contribution in [1.29, 1.82) is 0 Å². The molecule has 1 atom stereocenters. The van der Waals surface area contributed by atoms with Crippen LogP contribution in [0.25, 0.3) is 0 Å². The molecule has 14 heavy (non-hydrogen) atoms. The van der Waals surface area contributed by atoms with Gasteiger partial charge in [-0.25, -0.2) is 0 Å². The summed E-state index contributed by atoms with van der Waals surface area (Å²) < 4.78 is 0. The van der Waals surface area contributed by atoms with E-state index in [1.807, 2.05) is 32.1 Å². The average Bonchev–Trinajstić information content (AvgIpc) is 2.17. The summed E-state index contributed by atoms with van der Waals surface area (Å²) in [5, 5.41) is 9.27. The van der Waals surface area contributed by atoms with Crippen LogP contribution in [0.3, 0.4) is 0 Å². The van der Waals surface area contributed by atoms with Gasteiger partial charge in [0, 0.05) is 0 Å². The van der Waals surface area contributed by atoms with E-state index in [0.717, 1.165) is 12.8 Å². The molecular weight excluding hydrogens is 172 g/mol. The van der Waals surface area contributed by atoms with E-state index in [2.05, 4.69) is 18.2 Å². The van der Waals surface area contributed by atoms with Gasteiger partial charge in [-0.2, -0.15) is 0 Å². The molecule has 0 aromatic rings. The summed E-state index contributed by atoms with van der Waals surface area (Å²) >= 11 is 0. The molecule has 0 saturated heterocycles. The fraction of sp³-hybridized carbons (Fsp3) is 0.385. The zero-order chi connectivity index (χ0) is 10.6. The van der Waals surface area contributed by atoms with Gasteiger partial charge in [0.2, 0.25) is 0 Å². The van der Waals surface area contributed by atoms with E-state index >= 15 is 0 Å². The van der Waals surface area contributed by atoms with Crippen molar-refractivity contribution in [3.63, 3.8) is 0 Å². The van der Waals surface area contributed by atoms with E-state index in [1.165, 1.54) is 0 Å². The minimum absolute atomic E-state index is 0.458. The second-order valence-corrected chi connectivity index (χ2v) is 2.98. The quantitative estimate of drug-likeness (QED) is 0.388. The standard InChI is InChI=1S/C13H20O/c1-3-5-6-7-8-9-10-12-13(14)11-4-2/h3-5,8-14H,6-7H2,1-2H3/b5-3+,9-8+,11-4+,12-10+. The minimum atomic E-state index is -0.458. The Balaban J connectivity index is 3.59. The topological polar surface area (TPSA) is 20.2 Å². The van der Waals surface area contributed by atoms with Gasteiger partial charge in [0.1, 0.15) is 0 Å². The van der Waals surface area contributed by atoms with Gasteiger partial charge in [-0.3, -0.25) is 0 Å². The maximum absolute atomic E-state index is 9.27. The molecular formula is C13H20O. The second-order valence-electron chi connectivity index (χ2n) is 2.98. The molecule has 0 heterocycles. The van der Waals surface area contributed by atoms with Gasteiger partial charge < -0.3 is 5.11 Å². The number of allylic oxidation sites excluding steroid dienone is 6. The largest absolute Gasteiger partial charge is 0.385 e. The lowest BCUT2D eigenvalue weighted by molar-refractivity contribution is 0.271. The van der Waals surface area contributed by atoms with Crippen molar-refractivity contribution in [2.45, 2.75) is 32.8 Å². The molecule has 0 radical (unpaired) electrons. The Labute approximate surface area is 87.2 Å². The lowest BCUT2D eigenvalue weighted by atomic mass is 10.2. The maximum Gasteiger partial charge on any atom is 0.0905 e. The molecule has 0 aromatic heterocycles. The first-order valence-corrected chi connectivity index (χ1v) is 5.06. The van der Waals surface area contributed by atoms with Crippen LogP contribution in [-0.2, 0) is 0 Å². The minimum Gasteiger partial charge on any atom is -0.385 e. The molecule has 1 unspecified atom stereocenters. The highest BCUT2D eigenvalue weighted by molar-refractivity contribution is 5.09. The Morgan fingerprint density at radius 3 is 2.29 bits per heavy atom. The van der Waals surface area contributed by atoms with E-state index in [9.17, 15) is 5.11 Å². The lowest BCUT2D eigenvalue weighted by Gasteiger charge is -1.93. The monoisotopic (exact) mass is 192 g/mol. The van der Waals surface area contributed by atoms with Crippen molar-refractivity contribution >= 4 is 0 Å². The lowest BCUT2D eigenvalue weighted by Crippen LogP contribution is -1.94. The number of unbranched alkanes of at least 4 members (excludes halogenated alkanes) is 1. The Kier molecular flexibility index (Phi) is 9.23. The summed E-state index contributed by atoms with van der Waals surface area (Å²) in [7, 11) is 0. The van der Waals surface area contributed by atoms with Crippen molar-refractivity contribution in [3.05, 3.63) is 48.6 Å². The van der Waals surface area contributed by atoms with E-state index < -0.39 is 6.10 Å². The molecule has 0 aliphatic rings. The van der Waals surface area contributed by atoms with Crippen molar-refractivity contribution < 1.29 is 5.11 Å². The van der Waals surface area contributed by atoms with Gasteiger partial charge in [-0.05, 0) is 26.7 Å². The molecule has 78 valence electrons. The Morgan fingerprint density at radius 1 is 0.929 bits per heavy atom. The molecule has 1 heteroatoms. The van der Waals surface area contributed by atoms with Gasteiger partial charge >= 0.3 is 0 Å². The number of aliphatic hydroxyl groups is 1. The molecule has 0 rings (SSSR count). The summed E-state index contributed by atoms with van der Waals surface area (Å²) in [6.45, 7) is 3.92. The first kappa shape index (κ1) is 12.9. The maximum atomic E-state index is 9.27. The number of rotatable bonds is 6. The summed E-state index contributed by atoms with van der Waals surface area (Å²) in [5.74, 6) is 0. The Morgan fingerprint density at radius 2 is 1.64 bits per heavy atom. The van der Waals surface area contributed by atoms with E-state index in [1.54, 1.807) is 12.2 Å². The van der Waals surface area contributed by atoms with Crippen molar-refractivity contribution in [3.8, 4) is 0 Å². The highest BCUT2D eigenvalue weighted by Crippen LogP contribution is 1.94. The van der Waals surface area contributed by atoms with Crippen LogP contribution in [0.2, 0.25) is 0 Å². The molecule has 0 fully saturated rings. The third-order valence-electron chi connectivity index (χ3n) is 1.68.